The Balaban J connectivity index is 1.58. The van der Waals surface area contributed by atoms with Gasteiger partial charge in [-0.05, 0) is 29.7 Å². The number of nitrogens with zero attached hydrogens (tertiary/aromatic N) is 2. The van der Waals surface area contributed by atoms with Gasteiger partial charge >= 0.3 is 0 Å². The molecule has 0 aliphatic rings. The van der Waals surface area contributed by atoms with Gasteiger partial charge in [-0.1, -0.05) is 49.4 Å². The standard InChI is InChI=1S/C20H20N4O/c1-2-15-8-10-17(11-9-15)24-20(25)18-13-23-19(14-21-18)22-12-16-6-4-3-5-7-16/h3-11,13-14H,2,12H2,1H3,(H,22,23)(H,24,25). The van der Waals surface area contributed by atoms with Crippen LogP contribution in [0.1, 0.15) is 28.5 Å². The zero-order valence-corrected chi connectivity index (χ0v) is 14.1. The summed E-state index contributed by atoms with van der Waals surface area (Å²) in [7, 11) is 0. The fourth-order valence-corrected chi connectivity index (χ4v) is 2.34. The van der Waals surface area contributed by atoms with E-state index in [0.717, 1.165) is 17.7 Å². The van der Waals surface area contributed by atoms with E-state index in [9.17, 15) is 4.79 Å². The second-order valence-electron chi connectivity index (χ2n) is 5.63. The number of nitrogens with one attached hydrogen (secondary N) is 2. The predicted octanol–water partition coefficient (Wildman–Crippen LogP) is 3.90. The number of hydrogen-bond acceptors (Lipinski definition) is 4. The van der Waals surface area contributed by atoms with Gasteiger partial charge in [0.25, 0.3) is 5.91 Å². The van der Waals surface area contributed by atoms with Crippen molar-refractivity contribution in [3.05, 3.63) is 83.8 Å². The molecule has 0 saturated carbocycles. The fourth-order valence-electron chi connectivity index (χ4n) is 2.34. The Hall–Kier alpha value is -3.21. The molecule has 1 heterocycles. The summed E-state index contributed by atoms with van der Waals surface area (Å²) in [5, 5.41) is 6.01. The molecule has 5 nitrogen and oxygen atoms in total. The average Bonchev–Trinajstić information content (AvgIpc) is 2.68. The highest BCUT2D eigenvalue weighted by Gasteiger charge is 2.08. The summed E-state index contributed by atoms with van der Waals surface area (Å²) in [6.45, 7) is 2.75. The van der Waals surface area contributed by atoms with E-state index in [2.05, 4.69) is 27.5 Å². The third-order valence-electron chi connectivity index (χ3n) is 3.82. The van der Waals surface area contributed by atoms with Crippen molar-refractivity contribution >= 4 is 17.4 Å². The number of aromatic nitrogens is 2. The van der Waals surface area contributed by atoms with E-state index in [0.29, 0.717) is 12.4 Å². The maximum atomic E-state index is 12.2. The number of carbonyl (C=O) groups is 1. The molecule has 5 heteroatoms. The SMILES string of the molecule is CCc1ccc(NC(=O)c2cnc(NCc3ccccc3)cn2)cc1. The molecule has 0 fully saturated rings. The average molecular weight is 332 g/mol. The molecule has 25 heavy (non-hydrogen) atoms. The lowest BCUT2D eigenvalue weighted by Crippen LogP contribution is -2.14. The predicted molar refractivity (Wildman–Crippen MR) is 99.6 cm³/mol. The van der Waals surface area contributed by atoms with Crippen LogP contribution in [0, 0.1) is 0 Å². The van der Waals surface area contributed by atoms with Crippen molar-refractivity contribution in [2.75, 3.05) is 10.6 Å². The number of aryl methyl sites for hydroxylation is 1. The first-order chi connectivity index (χ1) is 12.2. The highest BCUT2D eigenvalue weighted by Crippen LogP contribution is 2.11. The van der Waals surface area contributed by atoms with Gasteiger partial charge in [0.2, 0.25) is 0 Å². The van der Waals surface area contributed by atoms with Gasteiger partial charge in [0, 0.05) is 12.2 Å². The van der Waals surface area contributed by atoms with Crippen LogP contribution >= 0.6 is 0 Å². The summed E-state index contributed by atoms with van der Waals surface area (Å²) in [5.74, 6) is 0.360. The molecular formula is C20H20N4O. The van der Waals surface area contributed by atoms with E-state index in [1.807, 2.05) is 54.6 Å². The van der Waals surface area contributed by atoms with Gasteiger partial charge in [0.15, 0.2) is 0 Å². The van der Waals surface area contributed by atoms with E-state index in [-0.39, 0.29) is 11.6 Å². The monoisotopic (exact) mass is 332 g/mol. The molecule has 0 radical (unpaired) electrons. The van der Waals surface area contributed by atoms with E-state index in [4.69, 9.17) is 0 Å². The van der Waals surface area contributed by atoms with Gasteiger partial charge in [0.1, 0.15) is 11.5 Å². The third-order valence-corrected chi connectivity index (χ3v) is 3.82. The smallest absolute Gasteiger partial charge is 0.275 e. The van der Waals surface area contributed by atoms with Crippen molar-refractivity contribution < 1.29 is 4.79 Å². The van der Waals surface area contributed by atoms with Crippen molar-refractivity contribution in [3.63, 3.8) is 0 Å². The molecule has 0 saturated heterocycles. The van der Waals surface area contributed by atoms with Gasteiger partial charge in [-0.2, -0.15) is 0 Å². The topological polar surface area (TPSA) is 66.9 Å². The van der Waals surface area contributed by atoms with Crippen LogP contribution in [0.15, 0.2) is 67.0 Å². The molecule has 1 amide bonds. The lowest BCUT2D eigenvalue weighted by molar-refractivity contribution is 0.102. The minimum atomic E-state index is -0.272. The lowest BCUT2D eigenvalue weighted by atomic mass is 10.1. The second kappa shape index (κ2) is 8.06. The van der Waals surface area contributed by atoms with Gasteiger partial charge in [-0.3, -0.25) is 4.79 Å². The van der Waals surface area contributed by atoms with E-state index >= 15 is 0 Å². The largest absolute Gasteiger partial charge is 0.365 e. The number of rotatable bonds is 6. The van der Waals surface area contributed by atoms with Gasteiger partial charge in [0.05, 0.1) is 12.4 Å². The summed E-state index contributed by atoms with van der Waals surface area (Å²) in [6.07, 6.45) is 4.01. The highest BCUT2D eigenvalue weighted by atomic mass is 16.1. The molecule has 0 spiro atoms. The Morgan fingerprint density at radius 1 is 0.920 bits per heavy atom. The second-order valence-corrected chi connectivity index (χ2v) is 5.63. The minimum absolute atomic E-state index is 0.272. The van der Waals surface area contributed by atoms with Crippen molar-refractivity contribution in [2.24, 2.45) is 0 Å². The van der Waals surface area contributed by atoms with Crippen molar-refractivity contribution in [3.8, 4) is 0 Å². The molecule has 0 bridgehead atoms. The Kier molecular flexibility index (Phi) is 5.36. The fraction of sp³-hybridized carbons (Fsp3) is 0.150. The van der Waals surface area contributed by atoms with Crippen LogP contribution in [0.4, 0.5) is 11.5 Å². The van der Waals surface area contributed by atoms with Crippen molar-refractivity contribution in [1.29, 1.82) is 0 Å². The Morgan fingerprint density at radius 2 is 1.68 bits per heavy atom. The van der Waals surface area contributed by atoms with Gasteiger partial charge in [-0.15, -0.1) is 0 Å². The molecular weight excluding hydrogens is 312 g/mol. The molecule has 0 aliphatic heterocycles. The van der Waals surface area contributed by atoms with Gasteiger partial charge in [-0.25, -0.2) is 9.97 Å². The first kappa shape index (κ1) is 16.6. The van der Waals surface area contributed by atoms with Gasteiger partial charge < -0.3 is 10.6 Å². The van der Waals surface area contributed by atoms with Crippen LogP contribution in [0.5, 0.6) is 0 Å². The summed E-state index contributed by atoms with van der Waals surface area (Å²) in [4.78, 5) is 20.7. The summed E-state index contributed by atoms with van der Waals surface area (Å²) in [5.41, 5.74) is 3.41. The molecule has 0 atom stereocenters. The van der Waals surface area contributed by atoms with Crippen LogP contribution in [0.2, 0.25) is 0 Å². The number of hydrogen-bond donors (Lipinski definition) is 2. The molecule has 0 aliphatic carbocycles. The first-order valence-corrected chi connectivity index (χ1v) is 8.24. The molecule has 3 aromatic rings. The summed E-state index contributed by atoms with van der Waals surface area (Å²) in [6, 6.07) is 17.8. The van der Waals surface area contributed by atoms with Crippen molar-refractivity contribution in [2.45, 2.75) is 19.9 Å². The number of anilines is 2. The highest BCUT2D eigenvalue weighted by molar-refractivity contribution is 6.02. The third kappa shape index (κ3) is 4.64. The maximum Gasteiger partial charge on any atom is 0.275 e. The number of amides is 1. The minimum Gasteiger partial charge on any atom is -0.365 e. The lowest BCUT2D eigenvalue weighted by Gasteiger charge is -2.07. The number of carbonyl (C=O) groups excluding carboxylic acids is 1. The zero-order valence-electron chi connectivity index (χ0n) is 14.1. The normalized spacial score (nSPS) is 10.3. The van der Waals surface area contributed by atoms with Crippen LogP contribution < -0.4 is 10.6 Å². The molecule has 3 rings (SSSR count). The van der Waals surface area contributed by atoms with E-state index < -0.39 is 0 Å². The molecule has 0 unspecified atom stereocenters. The van der Waals surface area contributed by atoms with Crippen LogP contribution in [-0.2, 0) is 13.0 Å². The number of benzene rings is 2. The maximum absolute atomic E-state index is 12.2. The van der Waals surface area contributed by atoms with E-state index in [1.165, 1.54) is 11.8 Å². The van der Waals surface area contributed by atoms with Crippen LogP contribution in [0.25, 0.3) is 0 Å². The summed E-state index contributed by atoms with van der Waals surface area (Å²) < 4.78 is 0. The quantitative estimate of drug-likeness (QED) is 0.718. The molecule has 1 aromatic heterocycles. The molecule has 126 valence electrons. The first-order valence-electron chi connectivity index (χ1n) is 8.24. The van der Waals surface area contributed by atoms with Crippen LogP contribution in [0.3, 0.4) is 0 Å². The van der Waals surface area contributed by atoms with Crippen LogP contribution in [-0.4, -0.2) is 15.9 Å². The Morgan fingerprint density at radius 3 is 2.32 bits per heavy atom. The Bertz CT molecular complexity index is 815. The molecule has 2 aromatic carbocycles. The molecule has 2 N–H and O–H groups in total. The Labute approximate surface area is 147 Å². The summed E-state index contributed by atoms with van der Waals surface area (Å²) >= 11 is 0. The zero-order chi connectivity index (χ0) is 17.5. The van der Waals surface area contributed by atoms with E-state index in [1.54, 1.807) is 6.20 Å². The van der Waals surface area contributed by atoms with Crippen molar-refractivity contribution in [1.82, 2.24) is 9.97 Å².